The van der Waals surface area contributed by atoms with Crippen molar-refractivity contribution in [3.8, 4) is 0 Å². The van der Waals surface area contributed by atoms with E-state index < -0.39 is 16.8 Å². The zero-order valence-corrected chi connectivity index (χ0v) is 8.13. The molecule has 14 heavy (non-hydrogen) atoms. The first-order chi connectivity index (χ1) is 6.38. The maximum absolute atomic E-state index is 12.3. The Bertz CT molecular complexity index is 352. The average Bonchev–Trinajstić information content (AvgIpc) is 2.07. The van der Waals surface area contributed by atoms with E-state index in [1.54, 1.807) is 0 Å². The van der Waals surface area contributed by atoms with Crippen molar-refractivity contribution in [2.75, 3.05) is 5.43 Å². The van der Waals surface area contributed by atoms with Gasteiger partial charge in [-0.15, -0.1) is 0 Å². The highest BCUT2D eigenvalue weighted by molar-refractivity contribution is 6.44. The van der Waals surface area contributed by atoms with Gasteiger partial charge in [0.2, 0.25) is 0 Å². The SMILES string of the molecule is NNc1ccc(C(F)(F)F)c(Cl)c1Cl. The van der Waals surface area contributed by atoms with Gasteiger partial charge in [-0.3, -0.25) is 5.84 Å². The third kappa shape index (κ3) is 2.05. The highest BCUT2D eigenvalue weighted by Crippen LogP contribution is 2.40. The molecule has 0 amide bonds. The Morgan fingerprint density at radius 2 is 1.71 bits per heavy atom. The smallest absolute Gasteiger partial charge is 0.323 e. The van der Waals surface area contributed by atoms with Gasteiger partial charge >= 0.3 is 6.18 Å². The van der Waals surface area contributed by atoms with Gasteiger partial charge in [-0.05, 0) is 12.1 Å². The first-order valence-electron chi connectivity index (χ1n) is 3.39. The van der Waals surface area contributed by atoms with Gasteiger partial charge in [0, 0.05) is 0 Å². The van der Waals surface area contributed by atoms with Crippen LogP contribution in [0.25, 0.3) is 0 Å². The van der Waals surface area contributed by atoms with E-state index in [0.717, 1.165) is 12.1 Å². The second-order valence-electron chi connectivity index (χ2n) is 2.43. The Morgan fingerprint density at radius 1 is 1.14 bits per heavy atom. The summed E-state index contributed by atoms with van der Waals surface area (Å²) >= 11 is 10.9. The van der Waals surface area contributed by atoms with Crippen LogP contribution in [0.2, 0.25) is 10.0 Å². The molecule has 0 atom stereocenters. The number of alkyl halides is 3. The van der Waals surface area contributed by atoms with Crippen molar-refractivity contribution in [1.29, 1.82) is 0 Å². The first-order valence-corrected chi connectivity index (χ1v) is 4.15. The van der Waals surface area contributed by atoms with Gasteiger partial charge in [-0.25, -0.2) is 0 Å². The number of hydrogen-bond acceptors (Lipinski definition) is 2. The molecule has 0 saturated heterocycles. The molecule has 0 aromatic heterocycles. The topological polar surface area (TPSA) is 38.0 Å². The molecule has 1 aromatic rings. The fourth-order valence-electron chi connectivity index (χ4n) is 0.880. The van der Waals surface area contributed by atoms with Gasteiger partial charge in [0.05, 0.1) is 21.3 Å². The fraction of sp³-hybridized carbons (Fsp3) is 0.143. The van der Waals surface area contributed by atoms with Crippen molar-refractivity contribution in [3.05, 3.63) is 27.7 Å². The Hall–Kier alpha value is -0.650. The number of hydrogen-bond donors (Lipinski definition) is 2. The van der Waals surface area contributed by atoms with Crippen molar-refractivity contribution in [2.24, 2.45) is 5.84 Å². The second-order valence-corrected chi connectivity index (χ2v) is 3.19. The zero-order chi connectivity index (χ0) is 10.9. The molecule has 0 spiro atoms. The molecule has 3 N–H and O–H groups in total. The molecular formula is C7H5Cl2F3N2. The van der Waals surface area contributed by atoms with Gasteiger partial charge < -0.3 is 5.43 Å². The van der Waals surface area contributed by atoms with Crippen LogP contribution in [0.5, 0.6) is 0 Å². The van der Waals surface area contributed by atoms with Gasteiger partial charge in [0.1, 0.15) is 0 Å². The number of benzene rings is 1. The summed E-state index contributed by atoms with van der Waals surface area (Å²) in [5, 5.41) is -0.807. The lowest BCUT2D eigenvalue weighted by molar-refractivity contribution is -0.137. The molecule has 0 aliphatic heterocycles. The molecule has 0 heterocycles. The van der Waals surface area contributed by atoms with E-state index in [1.807, 2.05) is 0 Å². The molecule has 78 valence electrons. The molecule has 7 heteroatoms. The molecule has 0 radical (unpaired) electrons. The lowest BCUT2D eigenvalue weighted by atomic mass is 10.2. The van der Waals surface area contributed by atoms with Crippen LogP contribution >= 0.6 is 23.2 Å². The number of rotatable bonds is 1. The maximum atomic E-state index is 12.3. The van der Waals surface area contributed by atoms with E-state index in [-0.39, 0.29) is 10.7 Å². The largest absolute Gasteiger partial charge is 0.417 e. The average molecular weight is 245 g/mol. The molecule has 0 aliphatic carbocycles. The number of nitrogens with one attached hydrogen (secondary N) is 1. The standard InChI is InChI=1S/C7H5Cl2F3N2/c8-5-3(7(10,11)12)1-2-4(14-13)6(5)9/h1-2,14H,13H2. The predicted molar refractivity (Wildman–Crippen MR) is 49.3 cm³/mol. The number of nitrogen functional groups attached to an aromatic ring is 1. The van der Waals surface area contributed by atoms with Crippen molar-refractivity contribution < 1.29 is 13.2 Å². The number of anilines is 1. The number of halogens is 5. The summed E-state index contributed by atoms with van der Waals surface area (Å²) in [4.78, 5) is 0. The highest BCUT2D eigenvalue weighted by Gasteiger charge is 2.34. The minimum Gasteiger partial charge on any atom is -0.323 e. The van der Waals surface area contributed by atoms with Crippen LogP contribution in [0.15, 0.2) is 12.1 Å². The number of hydrazine groups is 1. The van der Waals surface area contributed by atoms with Crippen LogP contribution in [0.4, 0.5) is 18.9 Å². The van der Waals surface area contributed by atoms with Crippen molar-refractivity contribution in [3.63, 3.8) is 0 Å². The van der Waals surface area contributed by atoms with E-state index >= 15 is 0 Å². The Morgan fingerprint density at radius 3 is 2.14 bits per heavy atom. The van der Waals surface area contributed by atoms with Crippen LogP contribution in [0.1, 0.15) is 5.56 Å². The van der Waals surface area contributed by atoms with Gasteiger partial charge in [-0.1, -0.05) is 23.2 Å². The van der Waals surface area contributed by atoms with E-state index in [4.69, 9.17) is 29.0 Å². The molecule has 2 nitrogen and oxygen atoms in total. The van der Waals surface area contributed by atoms with E-state index in [9.17, 15) is 13.2 Å². The van der Waals surface area contributed by atoms with Crippen LogP contribution < -0.4 is 11.3 Å². The summed E-state index contributed by atoms with van der Waals surface area (Å²) < 4.78 is 36.8. The third-order valence-electron chi connectivity index (χ3n) is 1.54. The Labute approximate surface area is 87.8 Å². The van der Waals surface area contributed by atoms with Gasteiger partial charge in [0.15, 0.2) is 0 Å². The quantitative estimate of drug-likeness (QED) is 0.588. The van der Waals surface area contributed by atoms with E-state index in [0.29, 0.717) is 0 Å². The summed E-state index contributed by atoms with van der Waals surface area (Å²) in [6.07, 6.45) is -4.52. The van der Waals surface area contributed by atoms with Gasteiger partial charge in [0.25, 0.3) is 0 Å². The number of nitrogens with two attached hydrogens (primary N) is 1. The van der Waals surface area contributed by atoms with Crippen molar-refractivity contribution in [2.45, 2.75) is 6.18 Å². The monoisotopic (exact) mass is 244 g/mol. The summed E-state index contributed by atoms with van der Waals surface area (Å²) in [5.41, 5.74) is 1.29. The molecule has 0 saturated carbocycles. The van der Waals surface area contributed by atoms with Crippen molar-refractivity contribution >= 4 is 28.9 Å². The van der Waals surface area contributed by atoms with Crippen LogP contribution in [0, 0.1) is 0 Å². The minimum atomic E-state index is -4.52. The predicted octanol–water partition coefficient (Wildman–Crippen LogP) is 3.30. The molecular weight excluding hydrogens is 240 g/mol. The van der Waals surface area contributed by atoms with Gasteiger partial charge in [-0.2, -0.15) is 13.2 Å². The Kier molecular flexibility index (Phi) is 3.14. The van der Waals surface area contributed by atoms with E-state index in [2.05, 4.69) is 5.43 Å². The molecule has 0 aliphatic rings. The minimum absolute atomic E-state index is 0.143. The molecule has 1 aromatic carbocycles. The normalized spacial score (nSPS) is 11.6. The third-order valence-corrected chi connectivity index (χ3v) is 2.43. The highest BCUT2D eigenvalue weighted by atomic mass is 35.5. The lowest BCUT2D eigenvalue weighted by Crippen LogP contribution is -2.10. The summed E-state index contributed by atoms with van der Waals surface area (Å²) in [7, 11) is 0. The van der Waals surface area contributed by atoms with E-state index in [1.165, 1.54) is 0 Å². The fourth-order valence-corrected chi connectivity index (χ4v) is 1.37. The molecule has 1 rings (SSSR count). The lowest BCUT2D eigenvalue weighted by Gasteiger charge is -2.12. The first kappa shape index (κ1) is 11.4. The van der Waals surface area contributed by atoms with Crippen LogP contribution in [-0.2, 0) is 6.18 Å². The summed E-state index contributed by atoms with van der Waals surface area (Å²) in [6.45, 7) is 0. The van der Waals surface area contributed by atoms with Crippen LogP contribution in [0.3, 0.4) is 0 Å². The molecule has 0 fully saturated rings. The molecule has 0 bridgehead atoms. The molecule has 0 unspecified atom stereocenters. The zero-order valence-electron chi connectivity index (χ0n) is 6.62. The summed E-state index contributed by atoms with van der Waals surface area (Å²) in [6, 6.07) is 1.92. The second kappa shape index (κ2) is 3.84. The van der Waals surface area contributed by atoms with Crippen molar-refractivity contribution in [1.82, 2.24) is 0 Å². The summed E-state index contributed by atoms with van der Waals surface area (Å²) in [5.74, 6) is 5.00. The Balaban J connectivity index is 3.31. The van der Waals surface area contributed by atoms with Crippen LogP contribution in [-0.4, -0.2) is 0 Å². The maximum Gasteiger partial charge on any atom is 0.417 e.